The first kappa shape index (κ1) is 20.1. The van der Waals surface area contributed by atoms with E-state index in [1.165, 1.54) is 16.4 Å². The maximum Gasteiger partial charge on any atom is 0.338 e. The van der Waals surface area contributed by atoms with Crippen molar-refractivity contribution in [3.8, 4) is 0 Å². The van der Waals surface area contributed by atoms with Crippen molar-refractivity contribution in [2.75, 3.05) is 26.2 Å². The molecule has 0 aromatic heterocycles. The maximum absolute atomic E-state index is 12.7. The van der Waals surface area contributed by atoms with E-state index in [-0.39, 0.29) is 10.5 Å². The summed E-state index contributed by atoms with van der Waals surface area (Å²) in [5.41, 5.74) is 0.637. The van der Waals surface area contributed by atoms with Crippen LogP contribution in [0.2, 0.25) is 0 Å². The van der Waals surface area contributed by atoms with Gasteiger partial charge in [0.2, 0.25) is 10.0 Å². The van der Waals surface area contributed by atoms with Gasteiger partial charge in [-0.3, -0.25) is 4.79 Å². The number of nitrogens with zero attached hydrogens (tertiary/aromatic N) is 1. The number of likely N-dealkylation sites (N-methyl/N-ethyl adjacent to an activating group) is 1. The number of sulfonamides is 1. The summed E-state index contributed by atoms with van der Waals surface area (Å²) in [6.45, 7) is 7.63. The molecule has 0 atom stereocenters. The molecule has 0 saturated carbocycles. The van der Waals surface area contributed by atoms with E-state index in [1.807, 2.05) is 0 Å². The lowest BCUT2D eigenvalue weighted by Gasteiger charge is -2.20. The van der Waals surface area contributed by atoms with Crippen LogP contribution in [0.3, 0.4) is 0 Å². The topological polar surface area (TPSA) is 92.8 Å². The van der Waals surface area contributed by atoms with Crippen molar-refractivity contribution < 1.29 is 22.7 Å². The predicted octanol–water partition coefficient (Wildman–Crippen LogP) is 1.32. The van der Waals surface area contributed by atoms with Crippen LogP contribution < -0.4 is 5.32 Å². The molecule has 0 saturated heterocycles. The maximum atomic E-state index is 12.7. The largest absolute Gasteiger partial charge is 0.452 e. The third kappa shape index (κ3) is 4.78. The molecule has 0 radical (unpaired) electrons. The van der Waals surface area contributed by atoms with Crippen LogP contribution in [0, 0.1) is 6.92 Å². The van der Waals surface area contributed by atoms with Crippen molar-refractivity contribution in [1.82, 2.24) is 9.62 Å². The van der Waals surface area contributed by atoms with Gasteiger partial charge in [0.1, 0.15) is 0 Å². The molecular weight excluding hydrogens is 332 g/mol. The number of nitrogens with one attached hydrogen (secondary N) is 1. The number of hydrogen-bond donors (Lipinski definition) is 1. The molecule has 7 nitrogen and oxygen atoms in total. The average molecular weight is 356 g/mol. The van der Waals surface area contributed by atoms with Crippen LogP contribution in [0.25, 0.3) is 0 Å². The van der Waals surface area contributed by atoms with Crippen LogP contribution in [-0.4, -0.2) is 50.8 Å². The summed E-state index contributed by atoms with van der Waals surface area (Å²) >= 11 is 0. The minimum absolute atomic E-state index is 0.0682. The first-order valence-electron chi connectivity index (χ1n) is 7.82. The lowest BCUT2D eigenvalue weighted by molar-refractivity contribution is -0.124. The van der Waals surface area contributed by atoms with Crippen molar-refractivity contribution in [3.05, 3.63) is 29.3 Å². The van der Waals surface area contributed by atoms with Gasteiger partial charge in [-0.1, -0.05) is 19.9 Å². The summed E-state index contributed by atoms with van der Waals surface area (Å²) in [5.74, 6) is -1.15. The van der Waals surface area contributed by atoms with Crippen LogP contribution >= 0.6 is 0 Å². The Bertz CT molecular complexity index is 696. The van der Waals surface area contributed by atoms with E-state index in [4.69, 9.17) is 4.74 Å². The highest BCUT2D eigenvalue weighted by Crippen LogP contribution is 2.21. The second-order valence-corrected chi connectivity index (χ2v) is 7.01. The minimum Gasteiger partial charge on any atom is -0.452 e. The van der Waals surface area contributed by atoms with E-state index in [9.17, 15) is 18.0 Å². The molecule has 1 aromatic rings. The predicted molar refractivity (Wildman–Crippen MR) is 90.3 cm³/mol. The number of benzene rings is 1. The number of carbonyl (C=O) groups excluding carboxylic acids is 2. The van der Waals surface area contributed by atoms with Gasteiger partial charge >= 0.3 is 5.97 Å². The normalized spacial score (nSPS) is 11.4. The number of amides is 1. The molecule has 0 aliphatic carbocycles. The highest BCUT2D eigenvalue weighted by Gasteiger charge is 2.25. The molecule has 134 valence electrons. The number of rotatable bonds is 8. The Hall–Kier alpha value is -1.93. The van der Waals surface area contributed by atoms with E-state index in [0.717, 1.165) is 0 Å². The van der Waals surface area contributed by atoms with Crippen LogP contribution in [0.1, 0.15) is 36.7 Å². The number of aryl methyl sites for hydroxylation is 1. The summed E-state index contributed by atoms with van der Waals surface area (Å²) in [5, 5.41) is 2.51. The van der Waals surface area contributed by atoms with Crippen LogP contribution in [0.5, 0.6) is 0 Å². The first-order chi connectivity index (χ1) is 11.3. The molecule has 0 spiro atoms. The summed E-state index contributed by atoms with van der Waals surface area (Å²) in [4.78, 5) is 23.4. The van der Waals surface area contributed by atoms with Crippen LogP contribution in [-0.2, 0) is 19.6 Å². The second-order valence-electron chi connectivity index (χ2n) is 5.10. The van der Waals surface area contributed by atoms with E-state index in [2.05, 4.69) is 5.32 Å². The van der Waals surface area contributed by atoms with E-state index >= 15 is 0 Å². The molecule has 1 aromatic carbocycles. The summed E-state index contributed by atoms with van der Waals surface area (Å²) < 4.78 is 31.5. The Morgan fingerprint density at radius 2 is 1.79 bits per heavy atom. The smallest absolute Gasteiger partial charge is 0.338 e. The van der Waals surface area contributed by atoms with E-state index in [0.29, 0.717) is 25.2 Å². The van der Waals surface area contributed by atoms with Gasteiger partial charge in [-0.25, -0.2) is 13.2 Å². The van der Waals surface area contributed by atoms with Crippen molar-refractivity contribution in [3.63, 3.8) is 0 Å². The molecule has 0 fully saturated rings. The van der Waals surface area contributed by atoms with Gasteiger partial charge in [0.05, 0.1) is 10.5 Å². The molecule has 8 heteroatoms. The molecule has 1 N–H and O–H groups in total. The van der Waals surface area contributed by atoms with Gasteiger partial charge in [-0.2, -0.15) is 4.31 Å². The highest BCUT2D eigenvalue weighted by atomic mass is 32.2. The van der Waals surface area contributed by atoms with Gasteiger partial charge in [-0.05, 0) is 31.5 Å². The summed E-state index contributed by atoms with van der Waals surface area (Å²) in [6, 6.07) is 4.33. The lowest BCUT2D eigenvalue weighted by atomic mass is 10.1. The number of ether oxygens (including phenoxy) is 1. The fourth-order valence-electron chi connectivity index (χ4n) is 2.17. The highest BCUT2D eigenvalue weighted by molar-refractivity contribution is 7.89. The van der Waals surface area contributed by atoms with Gasteiger partial charge in [0.25, 0.3) is 5.91 Å². The molecule has 0 aliphatic heterocycles. The zero-order valence-electron chi connectivity index (χ0n) is 14.5. The Kier molecular flexibility index (Phi) is 7.37. The number of hydrogen-bond acceptors (Lipinski definition) is 5. The monoisotopic (exact) mass is 356 g/mol. The molecule has 0 aliphatic rings. The molecule has 1 amide bonds. The minimum atomic E-state index is -3.68. The Balaban J connectivity index is 3.05. The third-order valence-electron chi connectivity index (χ3n) is 3.46. The van der Waals surface area contributed by atoms with Gasteiger partial charge < -0.3 is 10.1 Å². The van der Waals surface area contributed by atoms with Gasteiger partial charge in [-0.15, -0.1) is 0 Å². The SMILES string of the molecule is CCNC(=O)COC(=O)c1ccc(C)c(S(=O)(=O)N(CC)CC)c1. The molecule has 0 bridgehead atoms. The van der Waals surface area contributed by atoms with Crippen LogP contribution in [0.4, 0.5) is 0 Å². The molecular formula is C16H24N2O5S. The Morgan fingerprint density at radius 1 is 1.17 bits per heavy atom. The van der Waals surface area contributed by atoms with E-state index < -0.39 is 28.5 Å². The fourth-order valence-corrected chi connectivity index (χ4v) is 3.88. The Labute approximate surface area is 143 Å². The quantitative estimate of drug-likeness (QED) is 0.709. The zero-order chi connectivity index (χ0) is 18.3. The molecule has 0 unspecified atom stereocenters. The fraction of sp³-hybridized carbons (Fsp3) is 0.500. The van der Waals surface area contributed by atoms with Gasteiger partial charge in [0, 0.05) is 19.6 Å². The summed E-state index contributed by atoms with van der Waals surface area (Å²) in [6.07, 6.45) is 0. The molecule has 1 rings (SSSR count). The van der Waals surface area contributed by atoms with Crippen LogP contribution in [0.15, 0.2) is 23.1 Å². The zero-order valence-corrected chi connectivity index (χ0v) is 15.3. The molecule has 24 heavy (non-hydrogen) atoms. The summed E-state index contributed by atoms with van der Waals surface area (Å²) in [7, 11) is -3.68. The van der Waals surface area contributed by atoms with E-state index in [1.54, 1.807) is 33.8 Å². The number of carbonyl (C=O) groups is 2. The van der Waals surface area contributed by atoms with Crippen molar-refractivity contribution >= 4 is 21.9 Å². The van der Waals surface area contributed by atoms with Crippen molar-refractivity contribution in [2.24, 2.45) is 0 Å². The van der Waals surface area contributed by atoms with Crippen molar-refractivity contribution in [1.29, 1.82) is 0 Å². The standard InChI is InChI=1S/C16H24N2O5S/c1-5-17-15(19)11-23-16(20)13-9-8-12(4)14(10-13)24(21,22)18(6-2)7-3/h8-10H,5-7,11H2,1-4H3,(H,17,19). The Morgan fingerprint density at radius 3 is 2.33 bits per heavy atom. The average Bonchev–Trinajstić information content (AvgIpc) is 2.54. The van der Waals surface area contributed by atoms with Crippen molar-refractivity contribution in [2.45, 2.75) is 32.6 Å². The lowest BCUT2D eigenvalue weighted by Crippen LogP contribution is -2.31. The first-order valence-corrected chi connectivity index (χ1v) is 9.26. The number of esters is 1. The third-order valence-corrected chi connectivity index (χ3v) is 5.65. The second kappa shape index (κ2) is 8.79. The molecule has 0 heterocycles. The van der Waals surface area contributed by atoms with Gasteiger partial charge in [0.15, 0.2) is 6.61 Å².